The van der Waals surface area contributed by atoms with Crippen molar-refractivity contribution in [1.82, 2.24) is 10.2 Å². The molecule has 0 unspecified atom stereocenters. The minimum atomic E-state index is -0.261. The van der Waals surface area contributed by atoms with Crippen LogP contribution in [0.1, 0.15) is 42.5 Å². The average molecular weight is 306 g/mol. The Balaban J connectivity index is 2.08. The van der Waals surface area contributed by atoms with Crippen molar-refractivity contribution in [3.63, 3.8) is 0 Å². The van der Waals surface area contributed by atoms with Gasteiger partial charge in [0.25, 0.3) is 5.91 Å². The van der Waals surface area contributed by atoms with Crippen LogP contribution in [0.4, 0.5) is 0 Å². The van der Waals surface area contributed by atoms with E-state index < -0.39 is 0 Å². The summed E-state index contributed by atoms with van der Waals surface area (Å²) in [5.41, 5.74) is 0.270. The van der Waals surface area contributed by atoms with Gasteiger partial charge in [0.2, 0.25) is 0 Å². The Morgan fingerprint density at radius 3 is 2.59 bits per heavy atom. The van der Waals surface area contributed by atoms with E-state index >= 15 is 0 Å². The molecule has 122 valence electrons. The van der Waals surface area contributed by atoms with Gasteiger partial charge in [-0.15, -0.1) is 0 Å². The number of carbonyl (C=O) groups excluding carboxylic acids is 1. The van der Waals surface area contributed by atoms with Crippen molar-refractivity contribution >= 4 is 5.91 Å². The summed E-state index contributed by atoms with van der Waals surface area (Å²) in [7, 11) is 5.68. The standard InChI is InChI=1S/C17H26N2O3/c1-19(2)17(9-5-4-6-10-17)12-18-16(21)14-11-13(22-3)7-8-15(14)20/h7-8,11,20H,4-6,9-10,12H2,1-3H3,(H,18,21). The lowest BCUT2D eigenvalue weighted by Crippen LogP contribution is -2.53. The maximum Gasteiger partial charge on any atom is 0.255 e. The maximum atomic E-state index is 12.4. The summed E-state index contributed by atoms with van der Waals surface area (Å²) >= 11 is 0. The average Bonchev–Trinajstić information content (AvgIpc) is 2.54. The van der Waals surface area contributed by atoms with E-state index in [0.717, 1.165) is 12.8 Å². The second-order valence-electron chi connectivity index (χ2n) is 6.25. The smallest absolute Gasteiger partial charge is 0.255 e. The first-order chi connectivity index (χ1) is 10.5. The molecule has 0 aromatic heterocycles. The van der Waals surface area contributed by atoms with E-state index in [9.17, 15) is 9.90 Å². The third-order valence-electron chi connectivity index (χ3n) is 4.76. The zero-order chi connectivity index (χ0) is 16.2. The van der Waals surface area contributed by atoms with Gasteiger partial charge in [0.1, 0.15) is 11.5 Å². The molecule has 0 radical (unpaired) electrons. The number of hydrogen-bond donors (Lipinski definition) is 2. The zero-order valence-electron chi connectivity index (χ0n) is 13.7. The first-order valence-electron chi connectivity index (χ1n) is 7.81. The van der Waals surface area contributed by atoms with E-state index in [1.165, 1.54) is 32.4 Å². The lowest BCUT2D eigenvalue weighted by atomic mass is 9.80. The lowest BCUT2D eigenvalue weighted by Gasteiger charge is -2.43. The molecule has 0 bridgehead atoms. The monoisotopic (exact) mass is 306 g/mol. The Morgan fingerprint density at radius 1 is 1.32 bits per heavy atom. The molecule has 1 aromatic carbocycles. The molecule has 1 aliphatic rings. The van der Waals surface area contributed by atoms with Gasteiger partial charge in [0, 0.05) is 12.1 Å². The molecule has 2 rings (SSSR count). The summed E-state index contributed by atoms with van der Waals surface area (Å²) in [6, 6.07) is 4.68. The minimum Gasteiger partial charge on any atom is -0.507 e. The Bertz CT molecular complexity index is 523. The fourth-order valence-electron chi connectivity index (χ4n) is 3.16. The second kappa shape index (κ2) is 7.01. The number of aromatic hydroxyl groups is 1. The van der Waals surface area contributed by atoms with Crippen molar-refractivity contribution in [2.24, 2.45) is 0 Å². The van der Waals surface area contributed by atoms with Crippen LogP contribution in [0.15, 0.2) is 18.2 Å². The van der Waals surface area contributed by atoms with Crippen LogP contribution in [0.3, 0.4) is 0 Å². The van der Waals surface area contributed by atoms with Gasteiger partial charge >= 0.3 is 0 Å². The molecule has 1 aromatic rings. The first kappa shape index (κ1) is 16.6. The predicted octanol–water partition coefficient (Wildman–Crippen LogP) is 2.40. The molecule has 0 aliphatic heterocycles. The van der Waals surface area contributed by atoms with E-state index in [1.54, 1.807) is 12.1 Å². The molecular weight excluding hydrogens is 280 g/mol. The highest BCUT2D eigenvalue weighted by Crippen LogP contribution is 2.32. The highest BCUT2D eigenvalue weighted by Gasteiger charge is 2.34. The number of likely N-dealkylation sites (N-methyl/N-ethyl adjacent to an activating group) is 1. The third-order valence-corrected chi connectivity index (χ3v) is 4.76. The number of rotatable bonds is 5. The molecule has 0 atom stereocenters. The summed E-state index contributed by atoms with van der Waals surface area (Å²) in [6.45, 7) is 0.593. The number of benzene rings is 1. The van der Waals surface area contributed by atoms with Crippen LogP contribution < -0.4 is 10.1 Å². The van der Waals surface area contributed by atoms with Gasteiger partial charge in [0.05, 0.1) is 12.7 Å². The van der Waals surface area contributed by atoms with Crippen molar-refractivity contribution in [1.29, 1.82) is 0 Å². The maximum absolute atomic E-state index is 12.4. The summed E-state index contributed by atoms with van der Waals surface area (Å²) in [4.78, 5) is 14.6. The highest BCUT2D eigenvalue weighted by molar-refractivity contribution is 5.97. The van der Waals surface area contributed by atoms with Crippen LogP contribution in [0.5, 0.6) is 11.5 Å². The quantitative estimate of drug-likeness (QED) is 0.877. The molecule has 5 heteroatoms. The SMILES string of the molecule is COc1ccc(O)c(C(=O)NCC2(N(C)C)CCCCC2)c1. The van der Waals surface area contributed by atoms with Gasteiger partial charge in [0.15, 0.2) is 0 Å². The molecule has 1 fully saturated rings. The predicted molar refractivity (Wildman–Crippen MR) is 86.5 cm³/mol. The van der Waals surface area contributed by atoms with Crippen molar-refractivity contribution in [3.8, 4) is 11.5 Å². The molecule has 0 saturated heterocycles. The van der Waals surface area contributed by atoms with E-state index in [4.69, 9.17) is 4.74 Å². The van der Waals surface area contributed by atoms with Crippen molar-refractivity contribution in [2.75, 3.05) is 27.7 Å². The van der Waals surface area contributed by atoms with Crippen molar-refractivity contribution < 1.29 is 14.6 Å². The number of carbonyl (C=O) groups is 1. The molecule has 1 amide bonds. The van der Waals surface area contributed by atoms with E-state index in [0.29, 0.717) is 12.3 Å². The number of methoxy groups -OCH3 is 1. The van der Waals surface area contributed by atoms with Crippen LogP contribution in [0.2, 0.25) is 0 Å². The van der Waals surface area contributed by atoms with E-state index in [-0.39, 0.29) is 22.8 Å². The van der Waals surface area contributed by atoms with Crippen LogP contribution in [-0.2, 0) is 0 Å². The van der Waals surface area contributed by atoms with E-state index in [1.807, 2.05) is 0 Å². The van der Waals surface area contributed by atoms with Crippen LogP contribution >= 0.6 is 0 Å². The highest BCUT2D eigenvalue weighted by atomic mass is 16.5. The van der Waals surface area contributed by atoms with Gasteiger partial charge in [-0.1, -0.05) is 19.3 Å². The Hall–Kier alpha value is -1.75. The Kier molecular flexibility index (Phi) is 5.29. The largest absolute Gasteiger partial charge is 0.507 e. The van der Waals surface area contributed by atoms with E-state index in [2.05, 4.69) is 24.3 Å². The number of phenols is 1. The zero-order valence-corrected chi connectivity index (χ0v) is 13.7. The molecule has 0 spiro atoms. The van der Waals surface area contributed by atoms with Crippen LogP contribution in [-0.4, -0.2) is 49.2 Å². The van der Waals surface area contributed by atoms with Crippen molar-refractivity contribution in [3.05, 3.63) is 23.8 Å². The normalized spacial score (nSPS) is 17.3. The van der Waals surface area contributed by atoms with Crippen LogP contribution in [0, 0.1) is 0 Å². The molecule has 2 N–H and O–H groups in total. The van der Waals surface area contributed by atoms with Crippen LogP contribution in [0.25, 0.3) is 0 Å². The molecule has 0 heterocycles. The van der Waals surface area contributed by atoms with Gasteiger partial charge < -0.3 is 20.1 Å². The molecule has 1 saturated carbocycles. The Labute approximate surface area is 132 Å². The molecule has 5 nitrogen and oxygen atoms in total. The fraction of sp³-hybridized carbons (Fsp3) is 0.588. The number of amides is 1. The van der Waals surface area contributed by atoms with Gasteiger partial charge in [-0.25, -0.2) is 0 Å². The first-order valence-corrected chi connectivity index (χ1v) is 7.81. The summed E-state index contributed by atoms with van der Waals surface area (Å²) in [5, 5.41) is 12.9. The number of phenolic OH excluding ortho intramolecular Hbond substituents is 1. The molecule has 1 aliphatic carbocycles. The van der Waals surface area contributed by atoms with Gasteiger partial charge in [-0.2, -0.15) is 0 Å². The topological polar surface area (TPSA) is 61.8 Å². The number of nitrogens with zero attached hydrogens (tertiary/aromatic N) is 1. The summed E-state index contributed by atoms with van der Waals surface area (Å²) in [5.74, 6) is 0.270. The lowest BCUT2D eigenvalue weighted by molar-refractivity contribution is 0.0797. The van der Waals surface area contributed by atoms with Gasteiger partial charge in [-0.3, -0.25) is 4.79 Å². The summed E-state index contributed by atoms with van der Waals surface area (Å²) < 4.78 is 5.11. The number of hydrogen-bond acceptors (Lipinski definition) is 4. The second-order valence-corrected chi connectivity index (χ2v) is 6.25. The molecule has 22 heavy (non-hydrogen) atoms. The summed E-state index contributed by atoms with van der Waals surface area (Å²) in [6.07, 6.45) is 5.83. The molecular formula is C17H26N2O3. The number of ether oxygens (including phenoxy) is 1. The van der Waals surface area contributed by atoms with Gasteiger partial charge in [-0.05, 0) is 45.1 Å². The van der Waals surface area contributed by atoms with Crippen molar-refractivity contribution in [2.45, 2.75) is 37.6 Å². The fourth-order valence-corrected chi connectivity index (χ4v) is 3.16. The third kappa shape index (κ3) is 3.53. The number of nitrogens with one attached hydrogen (secondary N) is 1. The Morgan fingerprint density at radius 2 is 2.00 bits per heavy atom. The minimum absolute atomic E-state index is 0.0163.